The second-order valence-electron chi connectivity index (χ2n) is 11.7. The topological polar surface area (TPSA) is 20.3 Å². The summed E-state index contributed by atoms with van der Waals surface area (Å²) >= 11 is 0. The fourth-order valence-electron chi connectivity index (χ4n) is 7.10. The van der Waals surface area contributed by atoms with Gasteiger partial charge in [0.25, 0.3) is 0 Å². The first-order valence-corrected chi connectivity index (χ1v) is 17.0. The molecule has 1 atom stereocenters. The summed E-state index contributed by atoms with van der Waals surface area (Å²) in [7, 11) is -3.21. The molecule has 2 nitrogen and oxygen atoms in total. The predicted molar refractivity (Wildman–Crippen MR) is 189 cm³/mol. The van der Waals surface area contributed by atoms with Crippen LogP contribution in [0.25, 0.3) is 55.6 Å². The summed E-state index contributed by atoms with van der Waals surface area (Å²) in [5.41, 5.74) is 13.2. The number of benzene rings is 7. The van der Waals surface area contributed by atoms with E-state index in [0.29, 0.717) is 0 Å². The normalized spacial score (nSPS) is 15.7. The molecule has 9 rings (SSSR count). The van der Waals surface area contributed by atoms with Crippen LogP contribution < -0.4 is 15.3 Å². The van der Waals surface area contributed by atoms with Gasteiger partial charge in [0.15, 0.2) is 0 Å². The Labute approximate surface area is 263 Å². The highest BCUT2D eigenvalue weighted by molar-refractivity contribution is 7.81. The average Bonchev–Trinajstić information content (AvgIpc) is 3.12. The minimum Gasteiger partial charge on any atom is -0.289 e. The van der Waals surface area contributed by atoms with Crippen molar-refractivity contribution in [3.8, 4) is 55.6 Å². The van der Waals surface area contributed by atoms with Gasteiger partial charge in [0.1, 0.15) is 0 Å². The molecule has 0 aromatic heterocycles. The minimum atomic E-state index is -3.21. The van der Waals surface area contributed by atoms with Crippen molar-refractivity contribution >= 4 is 29.3 Å². The maximum atomic E-state index is 15.7. The van der Waals surface area contributed by atoms with Crippen LogP contribution in [-0.2, 0) is 4.57 Å². The third-order valence-corrected chi connectivity index (χ3v) is 12.2. The Balaban J connectivity index is 1.29. The Bertz CT molecular complexity index is 2250. The van der Waals surface area contributed by atoms with E-state index in [1.165, 1.54) is 22.3 Å². The fourth-order valence-corrected chi connectivity index (χ4v) is 10.4. The van der Waals surface area contributed by atoms with E-state index < -0.39 is 7.29 Å². The third-order valence-electron chi connectivity index (χ3n) is 9.16. The van der Waals surface area contributed by atoms with Gasteiger partial charge >= 0.3 is 0 Å². The van der Waals surface area contributed by atoms with E-state index in [2.05, 4.69) is 150 Å². The van der Waals surface area contributed by atoms with Crippen molar-refractivity contribution in [2.75, 3.05) is 4.67 Å². The molecule has 0 bridgehead atoms. The van der Waals surface area contributed by atoms with E-state index in [0.717, 1.165) is 55.4 Å². The molecule has 2 aliphatic rings. The van der Waals surface area contributed by atoms with Crippen molar-refractivity contribution in [3.63, 3.8) is 0 Å². The van der Waals surface area contributed by atoms with Crippen molar-refractivity contribution in [3.05, 3.63) is 170 Å². The molecule has 45 heavy (non-hydrogen) atoms. The highest BCUT2D eigenvalue weighted by Gasteiger charge is 2.47. The number of anilines is 2. The Morgan fingerprint density at radius 1 is 0.333 bits per heavy atom. The van der Waals surface area contributed by atoms with Crippen LogP contribution in [0.3, 0.4) is 0 Å². The number of rotatable bonds is 3. The lowest BCUT2D eigenvalue weighted by molar-refractivity contribution is 0.586. The summed E-state index contributed by atoms with van der Waals surface area (Å²) in [6.07, 6.45) is 0. The molecule has 2 aliphatic heterocycles. The zero-order valence-electron chi connectivity index (χ0n) is 24.5. The van der Waals surface area contributed by atoms with Crippen LogP contribution in [0.15, 0.2) is 170 Å². The van der Waals surface area contributed by atoms with Gasteiger partial charge in [-0.2, -0.15) is 0 Å². The highest BCUT2D eigenvalue weighted by Crippen LogP contribution is 2.65. The third kappa shape index (κ3) is 3.93. The molecule has 7 aromatic rings. The standard InChI is InChI=1S/C42H28NOP/c44-45-41-21-11-8-18-36(41)35-17-7-10-20-39(35)43(45)40-24-23-31(28-38(40)37-19-9-12-22-42(37)45)34-26-32(29-13-3-1-4-14-29)25-33(27-34)30-15-5-2-6-16-30/h1-28H. The van der Waals surface area contributed by atoms with E-state index in [9.17, 15) is 0 Å². The number of hydrogen-bond acceptors (Lipinski definition) is 1. The van der Waals surface area contributed by atoms with Gasteiger partial charge in [0, 0.05) is 21.7 Å². The maximum Gasteiger partial charge on any atom is 0.235 e. The van der Waals surface area contributed by atoms with Crippen molar-refractivity contribution in [2.24, 2.45) is 0 Å². The van der Waals surface area contributed by atoms with Crippen LogP contribution in [0.1, 0.15) is 0 Å². The van der Waals surface area contributed by atoms with E-state index in [4.69, 9.17) is 0 Å². The Hall–Kier alpha value is -5.43. The van der Waals surface area contributed by atoms with E-state index in [1.807, 2.05) is 24.3 Å². The molecule has 3 heteroatoms. The Morgan fingerprint density at radius 2 is 0.778 bits per heavy atom. The number of fused-ring (bicyclic) bond motifs is 11. The number of nitrogens with zero attached hydrogens (tertiary/aromatic N) is 1. The zero-order chi connectivity index (χ0) is 30.0. The average molecular weight is 594 g/mol. The molecule has 0 radical (unpaired) electrons. The smallest absolute Gasteiger partial charge is 0.235 e. The molecule has 7 aromatic carbocycles. The number of hydrogen-bond donors (Lipinski definition) is 0. The van der Waals surface area contributed by atoms with Gasteiger partial charge in [0.2, 0.25) is 7.29 Å². The highest BCUT2D eigenvalue weighted by atomic mass is 31.2. The summed E-state index contributed by atoms with van der Waals surface area (Å²) in [6.45, 7) is 0. The first-order chi connectivity index (χ1) is 22.2. The monoisotopic (exact) mass is 593 g/mol. The van der Waals surface area contributed by atoms with E-state index in [1.54, 1.807) is 0 Å². The molecule has 0 saturated carbocycles. The van der Waals surface area contributed by atoms with Gasteiger partial charge in [-0.3, -0.25) is 9.24 Å². The maximum absolute atomic E-state index is 15.7. The molecule has 2 heterocycles. The van der Waals surface area contributed by atoms with Crippen LogP contribution >= 0.6 is 7.29 Å². The predicted octanol–water partition coefficient (Wildman–Crippen LogP) is 10.7. The summed E-state index contributed by atoms with van der Waals surface area (Å²) < 4.78 is 17.8. The second-order valence-corrected chi connectivity index (χ2v) is 14.2. The molecule has 0 aliphatic carbocycles. The molecule has 0 amide bonds. The lowest BCUT2D eigenvalue weighted by Crippen LogP contribution is -2.37. The molecule has 0 N–H and O–H groups in total. The van der Waals surface area contributed by atoms with Crippen LogP contribution in [0, 0.1) is 0 Å². The van der Waals surface area contributed by atoms with Gasteiger partial charge in [0.05, 0.1) is 11.4 Å². The van der Waals surface area contributed by atoms with Crippen molar-refractivity contribution in [1.82, 2.24) is 0 Å². The summed E-state index contributed by atoms with van der Waals surface area (Å²) in [6, 6.07) is 59.5. The quantitative estimate of drug-likeness (QED) is 0.190. The second kappa shape index (κ2) is 10.1. The van der Waals surface area contributed by atoms with Gasteiger partial charge < -0.3 is 0 Å². The lowest BCUT2D eigenvalue weighted by atomic mass is 9.91. The largest absolute Gasteiger partial charge is 0.289 e. The first-order valence-electron chi connectivity index (χ1n) is 15.3. The molecular weight excluding hydrogens is 565 g/mol. The minimum absolute atomic E-state index is 0.889. The van der Waals surface area contributed by atoms with Gasteiger partial charge in [-0.1, -0.05) is 121 Å². The molecule has 212 valence electrons. The van der Waals surface area contributed by atoms with Crippen LogP contribution in [-0.4, -0.2) is 0 Å². The van der Waals surface area contributed by atoms with Gasteiger partial charge in [-0.15, -0.1) is 0 Å². The molecule has 0 saturated heterocycles. The van der Waals surface area contributed by atoms with E-state index >= 15 is 4.57 Å². The van der Waals surface area contributed by atoms with Crippen molar-refractivity contribution in [1.29, 1.82) is 0 Å². The summed E-state index contributed by atoms with van der Waals surface area (Å²) in [5.74, 6) is 0. The summed E-state index contributed by atoms with van der Waals surface area (Å²) in [5, 5.41) is 1.79. The zero-order valence-corrected chi connectivity index (χ0v) is 25.4. The van der Waals surface area contributed by atoms with Gasteiger partial charge in [-0.05, 0) is 93.0 Å². The summed E-state index contributed by atoms with van der Waals surface area (Å²) in [4.78, 5) is 0. The van der Waals surface area contributed by atoms with E-state index in [-0.39, 0.29) is 0 Å². The fraction of sp³-hybridized carbons (Fsp3) is 0. The lowest BCUT2D eigenvalue weighted by Gasteiger charge is -2.44. The Morgan fingerprint density at radius 3 is 1.38 bits per heavy atom. The molecular formula is C42H28NOP. The molecule has 0 fully saturated rings. The van der Waals surface area contributed by atoms with Crippen LogP contribution in [0.5, 0.6) is 0 Å². The van der Waals surface area contributed by atoms with Gasteiger partial charge in [-0.25, -0.2) is 0 Å². The SMILES string of the molecule is O=P12c3ccccc3-c3ccccc3N1c1ccc(-c3cc(-c4ccccc4)cc(-c4ccccc4)c3)cc1-c1ccccc12. The van der Waals surface area contributed by atoms with Crippen molar-refractivity contribution < 1.29 is 4.57 Å². The Kier molecular flexibility index (Phi) is 5.81. The number of para-hydroxylation sites is 1. The van der Waals surface area contributed by atoms with Crippen molar-refractivity contribution in [2.45, 2.75) is 0 Å². The van der Waals surface area contributed by atoms with Crippen LogP contribution in [0.2, 0.25) is 0 Å². The first kappa shape index (κ1) is 26.0. The molecule has 0 spiro atoms. The molecule has 1 unspecified atom stereocenters. The van der Waals surface area contributed by atoms with Crippen LogP contribution in [0.4, 0.5) is 11.4 Å².